The maximum Gasteiger partial charge on any atom is 0.107 e. The summed E-state index contributed by atoms with van der Waals surface area (Å²) in [5.41, 5.74) is 0. The summed E-state index contributed by atoms with van der Waals surface area (Å²) in [4.78, 5) is 7.67. The van der Waals surface area contributed by atoms with Crippen molar-refractivity contribution in [3.05, 3.63) is 18.2 Å². The second-order valence-corrected chi connectivity index (χ2v) is 4.48. The maximum atomic E-state index is 5.57. The van der Waals surface area contributed by atoms with Gasteiger partial charge in [0.2, 0.25) is 0 Å². The zero-order valence-electron chi connectivity index (χ0n) is 7.37. The minimum atomic E-state index is 0.366. The molecule has 4 heteroatoms. The van der Waals surface area contributed by atoms with Crippen LogP contribution in [0.4, 0.5) is 0 Å². The van der Waals surface area contributed by atoms with Gasteiger partial charge in [0.1, 0.15) is 5.82 Å². The minimum absolute atomic E-state index is 0.366. The molecule has 0 amide bonds. The summed E-state index contributed by atoms with van der Waals surface area (Å²) in [7, 11) is 0. The summed E-state index contributed by atoms with van der Waals surface area (Å²) in [5.74, 6) is 1.03. The number of nitrogens with one attached hydrogen (secondary N) is 1. The predicted molar refractivity (Wildman–Crippen MR) is 54.0 cm³/mol. The highest BCUT2D eigenvalue weighted by atomic mass is 79.9. The Kier molecular flexibility index (Phi) is 3.01. The molecule has 0 aromatic carbocycles. The second kappa shape index (κ2) is 4.24. The van der Waals surface area contributed by atoms with Crippen molar-refractivity contribution in [1.29, 1.82) is 0 Å². The van der Waals surface area contributed by atoms with Crippen LogP contribution in [-0.2, 0) is 11.2 Å². The molecule has 1 aromatic heterocycles. The lowest BCUT2D eigenvalue weighted by atomic mass is 10.1. The van der Waals surface area contributed by atoms with E-state index < -0.39 is 0 Å². The van der Waals surface area contributed by atoms with Crippen LogP contribution < -0.4 is 0 Å². The van der Waals surface area contributed by atoms with Crippen molar-refractivity contribution in [1.82, 2.24) is 9.97 Å². The van der Waals surface area contributed by atoms with Crippen LogP contribution >= 0.6 is 15.9 Å². The largest absolute Gasteiger partial charge is 0.377 e. The molecule has 2 heterocycles. The van der Waals surface area contributed by atoms with Gasteiger partial charge in [-0.3, -0.25) is 0 Å². The maximum absolute atomic E-state index is 5.57. The molecular formula is C9H13BrN2O. The van der Waals surface area contributed by atoms with Gasteiger partial charge in [-0.25, -0.2) is 4.98 Å². The normalized spacial score (nSPS) is 24.8. The Morgan fingerprint density at radius 3 is 3.31 bits per heavy atom. The van der Waals surface area contributed by atoms with E-state index in [0.29, 0.717) is 10.9 Å². The second-order valence-electron chi connectivity index (χ2n) is 3.31. The van der Waals surface area contributed by atoms with E-state index >= 15 is 0 Å². The summed E-state index contributed by atoms with van der Waals surface area (Å²) in [6.07, 6.45) is 7.26. The van der Waals surface area contributed by atoms with E-state index in [-0.39, 0.29) is 0 Å². The van der Waals surface area contributed by atoms with Gasteiger partial charge in [-0.1, -0.05) is 15.9 Å². The molecule has 1 N–H and O–H groups in total. The quantitative estimate of drug-likeness (QED) is 0.826. The molecular weight excluding hydrogens is 232 g/mol. The number of aromatic amines is 1. The van der Waals surface area contributed by atoms with Crippen LogP contribution in [0.15, 0.2) is 12.4 Å². The lowest BCUT2D eigenvalue weighted by Gasteiger charge is -2.15. The van der Waals surface area contributed by atoms with Gasteiger partial charge in [-0.05, 0) is 12.8 Å². The first-order valence-electron chi connectivity index (χ1n) is 4.60. The molecule has 0 radical (unpaired) electrons. The Morgan fingerprint density at radius 2 is 2.69 bits per heavy atom. The van der Waals surface area contributed by atoms with E-state index in [4.69, 9.17) is 4.74 Å². The fourth-order valence-electron chi connectivity index (χ4n) is 1.61. The zero-order valence-corrected chi connectivity index (χ0v) is 8.96. The first-order chi connectivity index (χ1) is 6.36. The van der Waals surface area contributed by atoms with Crippen molar-refractivity contribution in [2.75, 3.05) is 6.61 Å². The Hall–Kier alpha value is -0.350. The Bertz CT molecular complexity index is 244. The molecule has 2 unspecified atom stereocenters. The van der Waals surface area contributed by atoms with Crippen molar-refractivity contribution in [2.45, 2.75) is 30.2 Å². The smallest absolute Gasteiger partial charge is 0.107 e. The van der Waals surface area contributed by atoms with Gasteiger partial charge in [-0.15, -0.1) is 0 Å². The third-order valence-electron chi connectivity index (χ3n) is 2.31. The molecule has 1 aliphatic rings. The number of ether oxygens (including phenoxy) is 1. The molecule has 1 saturated heterocycles. The topological polar surface area (TPSA) is 37.9 Å². The van der Waals surface area contributed by atoms with Gasteiger partial charge in [0.25, 0.3) is 0 Å². The van der Waals surface area contributed by atoms with Gasteiger partial charge >= 0.3 is 0 Å². The van der Waals surface area contributed by atoms with Crippen LogP contribution in [0.5, 0.6) is 0 Å². The van der Waals surface area contributed by atoms with E-state index in [2.05, 4.69) is 25.9 Å². The van der Waals surface area contributed by atoms with E-state index in [9.17, 15) is 0 Å². The van der Waals surface area contributed by atoms with Gasteiger partial charge < -0.3 is 9.72 Å². The van der Waals surface area contributed by atoms with Gasteiger partial charge in [0.15, 0.2) is 0 Å². The van der Waals surface area contributed by atoms with E-state index in [1.54, 1.807) is 6.20 Å². The van der Waals surface area contributed by atoms with Crippen LogP contribution in [0.25, 0.3) is 0 Å². The van der Waals surface area contributed by atoms with Crippen LogP contribution in [0.2, 0.25) is 0 Å². The molecule has 1 aliphatic heterocycles. The van der Waals surface area contributed by atoms with Crippen molar-refractivity contribution >= 4 is 15.9 Å². The predicted octanol–water partition coefficient (Wildman–Crippen LogP) is 1.89. The summed E-state index contributed by atoms with van der Waals surface area (Å²) in [6, 6.07) is 0. The number of H-pyrrole nitrogens is 1. The fourth-order valence-corrected chi connectivity index (χ4v) is 2.34. The number of alkyl halides is 1. The lowest BCUT2D eigenvalue weighted by molar-refractivity contribution is 0.110. The monoisotopic (exact) mass is 244 g/mol. The van der Waals surface area contributed by atoms with Crippen LogP contribution in [0.1, 0.15) is 18.7 Å². The third-order valence-corrected chi connectivity index (χ3v) is 3.22. The molecule has 0 saturated carbocycles. The lowest BCUT2D eigenvalue weighted by Crippen LogP contribution is -2.22. The number of aromatic nitrogens is 2. The molecule has 0 spiro atoms. The fraction of sp³-hybridized carbons (Fsp3) is 0.667. The Morgan fingerprint density at radius 1 is 1.77 bits per heavy atom. The highest BCUT2D eigenvalue weighted by Crippen LogP contribution is 2.22. The summed E-state index contributed by atoms with van der Waals surface area (Å²) in [6.45, 7) is 0.908. The van der Waals surface area contributed by atoms with Crippen molar-refractivity contribution in [3.63, 3.8) is 0 Å². The molecule has 2 atom stereocenters. The highest BCUT2D eigenvalue weighted by molar-refractivity contribution is 9.09. The Balaban J connectivity index is 1.87. The zero-order chi connectivity index (χ0) is 9.10. The number of nitrogens with zero attached hydrogens (tertiary/aromatic N) is 1. The average Bonchev–Trinajstić information content (AvgIpc) is 2.74. The molecule has 1 fully saturated rings. The van der Waals surface area contributed by atoms with Crippen molar-refractivity contribution in [2.24, 2.45) is 0 Å². The van der Waals surface area contributed by atoms with E-state index in [0.717, 1.165) is 25.3 Å². The third kappa shape index (κ3) is 2.31. The first kappa shape index (κ1) is 9.21. The van der Waals surface area contributed by atoms with E-state index in [1.165, 1.54) is 6.42 Å². The molecule has 13 heavy (non-hydrogen) atoms. The molecule has 3 nitrogen and oxygen atoms in total. The van der Waals surface area contributed by atoms with E-state index in [1.807, 2.05) is 6.20 Å². The number of halogens is 1. The van der Waals surface area contributed by atoms with Crippen molar-refractivity contribution < 1.29 is 4.74 Å². The first-order valence-corrected chi connectivity index (χ1v) is 5.52. The number of hydrogen-bond donors (Lipinski definition) is 1. The Labute approximate surface area is 86.0 Å². The number of imidazole rings is 1. The van der Waals surface area contributed by atoms with Gasteiger partial charge in [-0.2, -0.15) is 0 Å². The van der Waals surface area contributed by atoms with Crippen LogP contribution in [0, 0.1) is 0 Å². The summed E-state index contributed by atoms with van der Waals surface area (Å²) < 4.78 is 5.57. The minimum Gasteiger partial charge on any atom is -0.377 e. The highest BCUT2D eigenvalue weighted by Gasteiger charge is 2.24. The molecule has 2 rings (SSSR count). The van der Waals surface area contributed by atoms with Gasteiger partial charge in [0.05, 0.1) is 6.10 Å². The van der Waals surface area contributed by atoms with Crippen LogP contribution in [0.3, 0.4) is 0 Å². The molecule has 1 aromatic rings. The van der Waals surface area contributed by atoms with Gasteiger partial charge in [0, 0.05) is 30.2 Å². The number of rotatable bonds is 3. The molecule has 0 aliphatic carbocycles. The van der Waals surface area contributed by atoms with Crippen molar-refractivity contribution in [3.8, 4) is 0 Å². The summed E-state index contributed by atoms with van der Waals surface area (Å²) >= 11 is 3.64. The standard InChI is InChI=1S/C9H13BrN2O/c10-7(8-2-1-5-13-8)6-9-11-3-4-12-9/h3-4,7-8H,1-2,5-6H2,(H,11,12). The molecule has 72 valence electrons. The summed E-state index contributed by atoms with van der Waals surface area (Å²) in [5, 5.41) is 0. The van der Waals surface area contributed by atoms with Crippen LogP contribution in [-0.4, -0.2) is 27.5 Å². The average molecular weight is 245 g/mol. The number of hydrogen-bond acceptors (Lipinski definition) is 2. The SMILES string of the molecule is BrC(Cc1ncc[nH]1)C1CCCO1. The molecule has 0 bridgehead atoms.